The number of methoxy groups -OCH3 is 1. The minimum atomic E-state index is -0.216. The quantitative estimate of drug-likeness (QED) is 0.229. The number of aliphatic hydroxyl groups is 1. The number of hydrogen-bond donors (Lipinski definition) is 3. The van der Waals surface area contributed by atoms with Gasteiger partial charge >= 0.3 is 0 Å². The Kier molecular flexibility index (Phi) is 8.01. The Labute approximate surface area is 234 Å². The monoisotopic (exact) mass is 596 g/mol. The molecule has 5 rings (SSSR count). The van der Waals surface area contributed by atoms with Crippen LogP contribution in [-0.4, -0.2) is 64.6 Å². The lowest BCUT2D eigenvalue weighted by atomic mass is 10.1. The van der Waals surface area contributed by atoms with E-state index in [0.717, 1.165) is 64.2 Å². The molecular formula is C26H29BrN8O2S. The topological polar surface area (TPSA) is 112 Å². The highest BCUT2D eigenvalue weighted by Gasteiger charge is 2.19. The van der Waals surface area contributed by atoms with Crippen molar-refractivity contribution in [3.8, 4) is 5.75 Å². The molecule has 0 unspecified atom stereocenters. The van der Waals surface area contributed by atoms with Crippen LogP contribution in [0.5, 0.6) is 5.75 Å². The van der Waals surface area contributed by atoms with Crippen LogP contribution in [0.3, 0.4) is 0 Å². The van der Waals surface area contributed by atoms with Crippen LogP contribution in [0, 0.1) is 0 Å². The predicted molar refractivity (Wildman–Crippen MR) is 158 cm³/mol. The van der Waals surface area contributed by atoms with Crippen molar-refractivity contribution in [2.75, 3.05) is 53.3 Å². The fourth-order valence-electron chi connectivity index (χ4n) is 4.40. The van der Waals surface area contributed by atoms with Gasteiger partial charge in [0.15, 0.2) is 0 Å². The first-order chi connectivity index (χ1) is 18.5. The molecule has 10 nitrogen and oxygen atoms in total. The van der Waals surface area contributed by atoms with Crippen LogP contribution in [0.2, 0.25) is 0 Å². The number of benzene rings is 2. The molecule has 4 aromatic rings. The predicted octanol–water partition coefficient (Wildman–Crippen LogP) is 5.35. The lowest BCUT2D eigenvalue weighted by Gasteiger charge is -2.31. The second kappa shape index (κ2) is 11.6. The summed E-state index contributed by atoms with van der Waals surface area (Å²) in [6.45, 7) is 1.63. The van der Waals surface area contributed by atoms with Crippen molar-refractivity contribution in [1.82, 2.24) is 19.9 Å². The highest BCUT2D eigenvalue weighted by molar-refractivity contribution is 9.10. The van der Waals surface area contributed by atoms with Gasteiger partial charge in [0.25, 0.3) is 0 Å². The minimum Gasteiger partial charge on any atom is -0.494 e. The molecule has 0 bridgehead atoms. The van der Waals surface area contributed by atoms with Gasteiger partial charge < -0.3 is 29.7 Å². The molecule has 0 atom stereocenters. The van der Waals surface area contributed by atoms with Crippen LogP contribution in [0.1, 0.15) is 12.8 Å². The summed E-state index contributed by atoms with van der Waals surface area (Å²) in [6, 6.07) is 9.92. The van der Waals surface area contributed by atoms with Gasteiger partial charge in [0.05, 0.1) is 40.3 Å². The second-order valence-electron chi connectivity index (χ2n) is 8.81. The zero-order chi connectivity index (χ0) is 26.6. The van der Waals surface area contributed by atoms with Crippen molar-refractivity contribution in [1.29, 1.82) is 0 Å². The Morgan fingerprint density at radius 1 is 1.08 bits per heavy atom. The molecule has 0 amide bonds. The van der Waals surface area contributed by atoms with Crippen molar-refractivity contribution in [3.63, 3.8) is 0 Å². The molecule has 1 fully saturated rings. The van der Waals surface area contributed by atoms with E-state index < -0.39 is 0 Å². The number of fused-ring (bicyclic) bond motifs is 1. The maximum atomic E-state index is 9.83. The number of aromatic nitrogens is 4. The van der Waals surface area contributed by atoms with Gasteiger partial charge in [-0.25, -0.2) is 4.98 Å². The normalized spacial score (nSPS) is 14.0. The average Bonchev–Trinajstić information content (AvgIpc) is 2.95. The van der Waals surface area contributed by atoms with E-state index in [1.54, 1.807) is 37.6 Å². The van der Waals surface area contributed by atoms with Gasteiger partial charge in [-0.1, -0.05) is 11.9 Å². The van der Waals surface area contributed by atoms with Crippen LogP contribution in [0.25, 0.3) is 11.0 Å². The third-order valence-electron chi connectivity index (χ3n) is 6.46. The third-order valence-corrected chi connectivity index (χ3v) is 7.77. The van der Waals surface area contributed by atoms with E-state index in [0.29, 0.717) is 17.5 Å². The summed E-state index contributed by atoms with van der Waals surface area (Å²) in [6.07, 6.45) is 8.41. The molecule has 0 radical (unpaired) electrons. The Hall–Kier alpha value is -3.35. The molecule has 38 heavy (non-hydrogen) atoms. The fraction of sp³-hybridized carbons (Fsp3) is 0.308. The summed E-state index contributed by atoms with van der Waals surface area (Å²) in [5.41, 5.74) is 5.17. The Morgan fingerprint density at radius 2 is 1.84 bits per heavy atom. The molecule has 0 spiro atoms. The van der Waals surface area contributed by atoms with Crippen molar-refractivity contribution in [2.24, 2.45) is 0 Å². The van der Waals surface area contributed by atoms with Crippen molar-refractivity contribution in [2.45, 2.75) is 18.9 Å². The molecule has 2 aromatic carbocycles. The number of ether oxygens (including phenoxy) is 1. The summed E-state index contributed by atoms with van der Waals surface area (Å²) < 4.78 is 8.44. The number of aliphatic hydroxyl groups excluding tert-OH is 1. The number of halogens is 1. The van der Waals surface area contributed by atoms with Crippen LogP contribution in [0.15, 0.2) is 53.4 Å². The lowest BCUT2D eigenvalue weighted by Crippen LogP contribution is -2.35. The second-order valence-corrected chi connectivity index (χ2v) is 10.6. The van der Waals surface area contributed by atoms with Gasteiger partial charge in [-0.15, -0.1) is 0 Å². The SMILES string of the molecule is COc1cc(N2CCC(O)CC2)ccc1Nc1ncc(Br)c(Nc2ccc3nccnc3c2N(C)SC)n1. The number of anilines is 6. The van der Waals surface area contributed by atoms with Crippen molar-refractivity contribution >= 4 is 73.4 Å². The lowest BCUT2D eigenvalue weighted by molar-refractivity contribution is 0.145. The molecule has 1 aliphatic rings. The Morgan fingerprint density at radius 3 is 2.61 bits per heavy atom. The zero-order valence-electron chi connectivity index (χ0n) is 21.3. The van der Waals surface area contributed by atoms with Crippen LogP contribution >= 0.6 is 27.9 Å². The van der Waals surface area contributed by atoms with Gasteiger partial charge in [-0.2, -0.15) is 4.98 Å². The van der Waals surface area contributed by atoms with Crippen LogP contribution in [-0.2, 0) is 0 Å². The first-order valence-electron chi connectivity index (χ1n) is 12.2. The van der Waals surface area contributed by atoms with Crippen LogP contribution in [0.4, 0.5) is 34.5 Å². The summed E-state index contributed by atoms with van der Waals surface area (Å²) in [7, 11) is 3.63. The molecule has 0 saturated carbocycles. The first kappa shape index (κ1) is 26.3. The van der Waals surface area contributed by atoms with E-state index in [4.69, 9.17) is 9.72 Å². The number of nitrogens with one attached hydrogen (secondary N) is 2. The third kappa shape index (κ3) is 5.57. The van der Waals surface area contributed by atoms with E-state index in [-0.39, 0.29) is 6.10 Å². The molecule has 3 N–H and O–H groups in total. The molecular weight excluding hydrogens is 568 g/mol. The Bertz CT molecular complexity index is 1430. The zero-order valence-corrected chi connectivity index (χ0v) is 23.8. The average molecular weight is 598 g/mol. The highest BCUT2D eigenvalue weighted by atomic mass is 79.9. The molecule has 2 aromatic heterocycles. The molecule has 3 heterocycles. The van der Waals surface area contributed by atoms with Gasteiger partial charge in [0, 0.05) is 56.7 Å². The fourth-order valence-corrected chi connectivity index (χ4v) is 5.06. The number of nitrogens with zero attached hydrogens (tertiary/aromatic N) is 6. The number of piperidine rings is 1. The highest BCUT2D eigenvalue weighted by Crippen LogP contribution is 2.38. The van der Waals surface area contributed by atoms with E-state index >= 15 is 0 Å². The first-order valence-corrected chi connectivity index (χ1v) is 14.1. The standard InChI is InChI=1S/C26H29BrN8O2S/c1-34(38-3)24-21(7-6-20-23(24)29-11-10-28-20)31-25-18(27)15-30-26(33-25)32-19-5-4-16(14-22(19)37-2)35-12-8-17(36)9-13-35/h4-7,10-11,14-15,17,36H,8-9,12-13H2,1-3H3,(H2,30,31,32,33). The van der Waals surface area contributed by atoms with E-state index in [1.807, 2.05) is 47.9 Å². The van der Waals surface area contributed by atoms with E-state index in [2.05, 4.69) is 46.4 Å². The van der Waals surface area contributed by atoms with Gasteiger partial charge in [0.1, 0.15) is 17.1 Å². The van der Waals surface area contributed by atoms with Crippen molar-refractivity contribution < 1.29 is 9.84 Å². The number of hydrogen-bond acceptors (Lipinski definition) is 11. The molecule has 198 valence electrons. The van der Waals surface area contributed by atoms with Crippen LogP contribution < -0.4 is 24.6 Å². The van der Waals surface area contributed by atoms with E-state index in [1.165, 1.54) is 0 Å². The molecule has 1 saturated heterocycles. The maximum absolute atomic E-state index is 9.83. The smallest absolute Gasteiger partial charge is 0.229 e. The summed E-state index contributed by atoms with van der Waals surface area (Å²) in [5, 5.41) is 16.6. The summed E-state index contributed by atoms with van der Waals surface area (Å²) in [4.78, 5) is 20.5. The molecule has 1 aliphatic heterocycles. The number of rotatable bonds is 8. The summed E-state index contributed by atoms with van der Waals surface area (Å²) >= 11 is 5.16. The molecule has 12 heteroatoms. The maximum Gasteiger partial charge on any atom is 0.229 e. The molecule has 0 aliphatic carbocycles. The van der Waals surface area contributed by atoms with Gasteiger partial charge in [-0.3, -0.25) is 9.97 Å². The minimum absolute atomic E-state index is 0.216. The Balaban J connectivity index is 1.41. The van der Waals surface area contributed by atoms with Gasteiger partial charge in [-0.05, 0) is 53.0 Å². The van der Waals surface area contributed by atoms with Gasteiger partial charge in [0.2, 0.25) is 5.95 Å². The summed E-state index contributed by atoms with van der Waals surface area (Å²) in [5.74, 6) is 1.71. The van der Waals surface area contributed by atoms with Crippen molar-refractivity contribution in [3.05, 3.63) is 53.4 Å². The van der Waals surface area contributed by atoms with E-state index in [9.17, 15) is 5.11 Å². The largest absolute Gasteiger partial charge is 0.494 e.